The lowest BCUT2D eigenvalue weighted by atomic mass is 10.0. The molecule has 1 aromatic carbocycles. The van der Waals surface area contributed by atoms with Crippen LogP contribution in [0.15, 0.2) is 24.3 Å². The van der Waals surface area contributed by atoms with Crippen molar-refractivity contribution in [1.82, 2.24) is 0 Å². The summed E-state index contributed by atoms with van der Waals surface area (Å²) < 4.78 is 24.1. The van der Waals surface area contributed by atoms with E-state index in [1.165, 1.54) is 0 Å². The molecular formula is C14H14N2O2S. The molecule has 2 atom stereocenters. The zero-order valence-electron chi connectivity index (χ0n) is 10.8. The summed E-state index contributed by atoms with van der Waals surface area (Å²) in [5, 5.41) is 17.6. The van der Waals surface area contributed by atoms with Gasteiger partial charge >= 0.3 is 0 Å². The quantitative estimate of drug-likeness (QED) is 0.843. The van der Waals surface area contributed by atoms with Crippen LogP contribution in [0.5, 0.6) is 0 Å². The van der Waals surface area contributed by atoms with Crippen molar-refractivity contribution in [3.8, 4) is 12.1 Å². The molecule has 1 aliphatic carbocycles. The van der Waals surface area contributed by atoms with E-state index in [4.69, 9.17) is 0 Å². The molecule has 5 heteroatoms. The molecule has 4 nitrogen and oxygen atoms in total. The fourth-order valence-electron chi connectivity index (χ4n) is 2.53. The molecule has 19 heavy (non-hydrogen) atoms. The molecule has 0 unspecified atom stereocenters. The number of benzene rings is 1. The second-order valence-electron chi connectivity index (χ2n) is 4.85. The van der Waals surface area contributed by atoms with Crippen LogP contribution in [0.3, 0.4) is 0 Å². The Labute approximate surface area is 113 Å². The Kier molecular flexibility index (Phi) is 3.12. The maximum atomic E-state index is 12.0. The second kappa shape index (κ2) is 4.36. The Morgan fingerprint density at radius 2 is 1.74 bits per heavy atom. The van der Waals surface area contributed by atoms with Crippen molar-refractivity contribution < 1.29 is 8.42 Å². The topological polar surface area (TPSA) is 81.7 Å². The molecule has 0 amide bonds. The summed E-state index contributed by atoms with van der Waals surface area (Å²) >= 11 is 0. The van der Waals surface area contributed by atoms with Crippen molar-refractivity contribution in [2.24, 2.45) is 5.41 Å². The van der Waals surface area contributed by atoms with E-state index in [1.807, 2.05) is 31.2 Å². The van der Waals surface area contributed by atoms with Gasteiger partial charge in [0, 0.05) is 11.7 Å². The number of hydrogen-bond donors (Lipinski definition) is 0. The van der Waals surface area contributed by atoms with Gasteiger partial charge in [0.1, 0.15) is 5.25 Å². The first-order chi connectivity index (χ1) is 8.93. The highest BCUT2D eigenvalue weighted by Crippen LogP contribution is 2.62. The lowest BCUT2D eigenvalue weighted by molar-refractivity contribution is 0.592. The van der Waals surface area contributed by atoms with Gasteiger partial charge < -0.3 is 0 Å². The van der Waals surface area contributed by atoms with Crippen LogP contribution in [0.2, 0.25) is 0 Å². The van der Waals surface area contributed by atoms with Crippen molar-refractivity contribution in [2.45, 2.75) is 25.0 Å². The van der Waals surface area contributed by atoms with Crippen molar-refractivity contribution in [3.63, 3.8) is 0 Å². The number of nitrogens with zero attached hydrogens (tertiary/aromatic N) is 2. The third-order valence-corrected chi connectivity index (χ3v) is 5.95. The fraction of sp³-hybridized carbons (Fsp3) is 0.429. The third-order valence-electron chi connectivity index (χ3n) is 3.73. The van der Waals surface area contributed by atoms with Crippen LogP contribution in [0.25, 0.3) is 0 Å². The summed E-state index contributed by atoms with van der Waals surface area (Å²) in [7, 11) is -3.41. The fourth-order valence-corrected chi connectivity index (χ4v) is 4.41. The van der Waals surface area contributed by atoms with Gasteiger partial charge in [0.15, 0.2) is 15.3 Å². The van der Waals surface area contributed by atoms with Gasteiger partial charge in [0.2, 0.25) is 0 Å². The minimum Gasteiger partial charge on any atom is -0.228 e. The summed E-state index contributed by atoms with van der Waals surface area (Å²) in [6.45, 7) is 3.47. The molecular weight excluding hydrogens is 260 g/mol. The number of nitriles is 2. The Balaban J connectivity index is 2.50. The lowest BCUT2D eigenvalue weighted by Gasteiger charge is -2.00. The molecule has 1 saturated carbocycles. The average Bonchev–Trinajstić information content (AvgIpc) is 3.10. The van der Waals surface area contributed by atoms with Crippen molar-refractivity contribution >= 4 is 9.84 Å². The molecule has 0 bridgehead atoms. The monoisotopic (exact) mass is 274 g/mol. The van der Waals surface area contributed by atoms with Gasteiger partial charge in [-0.15, -0.1) is 0 Å². The smallest absolute Gasteiger partial charge is 0.169 e. The summed E-state index contributed by atoms with van der Waals surface area (Å²) in [6, 6.07) is 11.2. The molecule has 0 aliphatic heterocycles. The van der Waals surface area contributed by atoms with Crippen LogP contribution in [0.1, 0.15) is 24.0 Å². The van der Waals surface area contributed by atoms with Gasteiger partial charge in [-0.05, 0) is 12.5 Å². The first-order valence-electron chi connectivity index (χ1n) is 6.03. The van der Waals surface area contributed by atoms with Gasteiger partial charge in [0.25, 0.3) is 0 Å². The first kappa shape index (κ1) is 13.6. The Morgan fingerprint density at radius 3 is 2.16 bits per heavy atom. The molecule has 1 aromatic rings. The van der Waals surface area contributed by atoms with E-state index >= 15 is 0 Å². The molecule has 0 aromatic heterocycles. The first-order valence-corrected chi connectivity index (χ1v) is 7.75. The molecule has 0 radical (unpaired) electrons. The largest absolute Gasteiger partial charge is 0.228 e. The molecule has 0 heterocycles. The average molecular weight is 274 g/mol. The Morgan fingerprint density at radius 1 is 1.21 bits per heavy atom. The lowest BCUT2D eigenvalue weighted by Crippen LogP contribution is -2.15. The molecule has 0 N–H and O–H groups in total. The van der Waals surface area contributed by atoms with E-state index < -0.39 is 26.4 Å². The predicted octanol–water partition coefficient (Wildman–Crippen LogP) is 1.93. The van der Waals surface area contributed by atoms with Gasteiger partial charge in [-0.2, -0.15) is 10.5 Å². The minimum atomic E-state index is -3.41. The van der Waals surface area contributed by atoms with Gasteiger partial charge in [-0.1, -0.05) is 36.8 Å². The van der Waals surface area contributed by atoms with Crippen LogP contribution in [0.4, 0.5) is 0 Å². The van der Waals surface area contributed by atoms with Crippen molar-refractivity contribution in [1.29, 1.82) is 10.5 Å². The Hall–Kier alpha value is -1.85. The van der Waals surface area contributed by atoms with Crippen LogP contribution in [-0.2, 0) is 9.84 Å². The maximum absolute atomic E-state index is 12.0. The zero-order chi connectivity index (χ0) is 14.3. The molecule has 98 valence electrons. The molecule has 0 spiro atoms. The molecule has 0 saturated heterocycles. The maximum Gasteiger partial charge on any atom is 0.169 e. The van der Waals surface area contributed by atoms with Crippen LogP contribution < -0.4 is 0 Å². The number of rotatable bonds is 3. The number of aryl methyl sites for hydroxylation is 1. The number of sulfone groups is 1. The zero-order valence-corrected chi connectivity index (χ0v) is 11.6. The van der Waals surface area contributed by atoms with Crippen LogP contribution in [-0.4, -0.2) is 19.4 Å². The molecule has 1 fully saturated rings. The van der Waals surface area contributed by atoms with E-state index in [0.717, 1.165) is 11.1 Å². The highest BCUT2D eigenvalue weighted by molar-refractivity contribution is 7.92. The van der Waals surface area contributed by atoms with Gasteiger partial charge in [-0.3, -0.25) is 0 Å². The number of hydrogen-bond acceptors (Lipinski definition) is 4. The van der Waals surface area contributed by atoms with E-state index in [-0.39, 0.29) is 5.75 Å². The molecule has 2 rings (SSSR count). The van der Waals surface area contributed by atoms with Crippen molar-refractivity contribution in [3.05, 3.63) is 35.4 Å². The van der Waals surface area contributed by atoms with Gasteiger partial charge in [0.05, 0.1) is 12.1 Å². The molecule has 1 aliphatic rings. The summed E-state index contributed by atoms with van der Waals surface area (Å²) in [5.74, 6) is -0.585. The van der Waals surface area contributed by atoms with E-state index in [0.29, 0.717) is 0 Å². The summed E-state index contributed by atoms with van der Waals surface area (Å²) in [6.07, 6.45) is 0. The van der Waals surface area contributed by atoms with E-state index in [1.54, 1.807) is 19.1 Å². The predicted molar refractivity (Wildman–Crippen MR) is 70.8 cm³/mol. The second-order valence-corrected chi connectivity index (χ2v) is 7.26. The normalized spacial score (nSPS) is 24.2. The van der Waals surface area contributed by atoms with Crippen molar-refractivity contribution in [2.75, 3.05) is 5.75 Å². The van der Waals surface area contributed by atoms with Crippen LogP contribution >= 0.6 is 0 Å². The van der Waals surface area contributed by atoms with E-state index in [2.05, 4.69) is 0 Å². The third kappa shape index (κ3) is 1.91. The Bertz CT molecular complexity index is 664. The SMILES string of the molecule is CCS(=O)(=O)[C@@H]1[C@H](c2ccc(C)cc2)C1(C#N)C#N. The van der Waals surface area contributed by atoms with Crippen LogP contribution in [0, 0.1) is 35.0 Å². The standard InChI is InChI=1S/C14H14N2O2S/c1-3-19(17,18)13-12(14(13,8-15)9-16)11-6-4-10(2)5-7-11/h4-7,12-13H,3H2,1-2H3/t12-,13+/m0/s1. The van der Waals surface area contributed by atoms with Gasteiger partial charge in [-0.25, -0.2) is 8.42 Å². The van der Waals surface area contributed by atoms with E-state index in [9.17, 15) is 18.9 Å². The highest BCUT2D eigenvalue weighted by atomic mass is 32.2. The summed E-state index contributed by atoms with van der Waals surface area (Å²) in [5.41, 5.74) is 0.374. The minimum absolute atomic E-state index is 0.0505. The highest BCUT2D eigenvalue weighted by Gasteiger charge is 2.72. The summed E-state index contributed by atoms with van der Waals surface area (Å²) in [4.78, 5) is 0.